The Bertz CT molecular complexity index is 2580. The van der Waals surface area contributed by atoms with Crippen molar-refractivity contribution in [3.63, 3.8) is 0 Å². The molecule has 0 saturated heterocycles. The Balaban J connectivity index is 0.999. The second-order valence-corrected chi connectivity index (χ2v) is 16.6. The summed E-state index contributed by atoms with van der Waals surface area (Å²) in [6.45, 7) is 0. The second-order valence-electron chi connectivity index (χ2n) is 16.6. The molecule has 3 nitrogen and oxygen atoms in total. The van der Waals surface area contributed by atoms with E-state index in [0.717, 1.165) is 44.9 Å². The van der Waals surface area contributed by atoms with Crippen LogP contribution in [0.3, 0.4) is 0 Å². The summed E-state index contributed by atoms with van der Waals surface area (Å²) in [7, 11) is 0. The van der Waals surface area contributed by atoms with Gasteiger partial charge in [-0.3, -0.25) is 4.98 Å². The molecule has 2 aromatic heterocycles. The highest BCUT2D eigenvalue weighted by Crippen LogP contribution is 2.50. The van der Waals surface area contributed by atoms with Crippen LogP contribution in [0.2, 0.25) is 0 Å². The Morgan fingerprint density at radius 1 is 0.661 bits per heavy atom. The molecule has 3 atom stereocenters. The zero-order chi connectivity index (χ0) is 37.0. The van der Waals surface area contributed by atoms with Crippen LogP contribution in [0.15, 0.2) is 162 Å². The highest BCUT2D eigenvalue weighted by Gasteiger charge is 2.42. The van der Waals surface area contributed by atoms with Gasteiger partial charge >= 0.3 is 0 Å². The number of para-hydroxylation sites is 1. The molecule has 6 aliphatic rings. The van der Waals surface area contributed by atoms with E-state index >= 15 is 0 Å². The number of nitrogens with zero attached hydrogens (tertiary/aromatic N) is 3. The second kappa shape index (κ2) is 14.1. The van der Waals surface area contributed by atoms with Crippen LogP contribution < -0.4 is 4.90 Å². The maximum Gasteiger partial charge on any atom is 0.0594 e. The van der Waals surface area contributed by atoms with E-state index in [0.29, 0.717) is 17.9 Å². The number of benzene rings is 3. The first kappa shape index (κ1) is 33.6. The zero-order valence-corrected chi connectivity index (χ0v) is 32.2. The van der Waals surface area contributed by atoms with E-state index in [4.69, 9.17) is 0 Å². The lowest BCUT2D eigenvalue weighted by Gasteiger charge is -2.35. The van der Waals surface area contributed by atoms with Crippen LogP contribution in [0.5, 0.6) is 0 Å². The predicted molar refractivity (Wildman–Crippen MR) is 234 cm³/mol. The summed E-state index contributed by atoms with van der Waals surface area (Å²) in [4.78, 5) is 7.07. The third kappa shape index (κ3) is 5.83. The molecular formula is C53H49N3. The molecule has 0 spiro atoms. The number of hydrogen-bond acceptors (Lipinski definition) is 2. The SMILES string of the molecule is C1=CC(c2cccc(N3C4=C(C=CCC4)C4CCC(C5=Cc6c(n(-c7cc(-c8ccncc8)cc(C8C=CCCC8)c7)c7ccccc67)CC5)=CC43)c2)=CCC1. The van der Waals surface area contributed by atoms with Crippen molar-refractivity contribution in [3.8, 4) is 16.8 Å². The summed E-state index contributed by atoms with van der Waals surface area (Å²) >= 11 is 0. The standard InChI is InChI=1S/C53H49N3/c1-3-12-36(13-4-1)39-16-11-17-44(31-39)55-50-20-9-7-18-46(50)48-24-22-41(35-53(48)55)40-23-25-52-49(34-40)47-19-8-10-21-51(47)56(52)45-32-42(37-14-5-2-6-15-37)30-43(33-45)38-26-28-54-29-27-38/h3,5,7-8,10-14,16-19,21,26-35,37,48,53H,1-2,4,6,9,15,20,22-25H2. The number of rotatable bonds is 6. The first-order chi connectivity index (χ1) is 27.8. The lowest BCUT2D eigenvalue weighted by Crippen LogP contribution is -2.35. The molecule has 1 aliphatic heterocycles. The van der Waals surface area contributed by atoms with Crippen LogP contribution in [0.4, 0.5) is 5.69 Å². The van der Waals surface area contributed by atoms with Gasteiger partial charge in [0.15, 0.2) is 0 Å². The Labute approximate surface area is 331 Å². The average Bonchev–Trinajstić information content (AvgIpc) is 3.79. The Morgan fingerprint density at radius 3 is 2.46 bits per heavy atom. The van der Waals surface area contributed by atoms with E-state index in [1.54, 1.807) is 16.8 Å². The van der Waals surface area contributed by atoms with E-state index in [9.17, 15) is 0 Å². The third-order valence-corrected chi connectivity index (χ3v) is 13.4. The topological polar surface area (TPSA) is 21.1 Å². The number of anilines is 1. The van der Waals surface area contributed by atoms with Gasteiger partial charge in [0, 0.05) is 57.9 Å². The van der Waals surface area contributed by atoms with Gasteiger partial charge in [0.05, 0.1) is 11.6 Å². The van der Waals surface area contributed by atoms with Gasteiger partial charge < -0.3 is 9.47 Å². The minimum absolute atomic E-state index is 0.351. The lowest BCUT2D eigenvalue weighted by molar-refractivity contribution is 0.507. The molecule has 3 heteroatoms. The fourth-order valence-electron chi connectivity index (χ4n) is 10.7. The van der Waals surface area contributed by atoms with Crippen molar-refractivity contribution in [1.29, 1.82) is 0 Å². The Kier molecular flexibility index (Phi) is 8.49. The van der Waals surface area contributed by atoms with Crippen LogP contribution in [0, 0.1) is 5.92 Å². The molecule has 0 bridgehead atoms. The van der Waals surface area contributed by atoms with E-state index < -0.39 is 0 Å². The molecule has 56 heavy (non-hydrogen) atoms. The van der Waals surface area contributed by atoms with Crippen molar-refractivity contribution in [2.24, 2.45) is 5.92 Å². The maximum absolute atomic E-state index is 4.34. The summed E-state index contributed by atoms with van der Waals surface area (Å²) in [5.74, 6) is 0.996. The minimum Gasteiger partial charge on any atom is -0.337 e. The van der Waals surface area contributed by atoms with Crippen LogP contribution >= 0.6 is 0 Å². The van der Waals surface area contributed by atoms with Crippen LogP contribution in [-0.2, 0) is 6.42 Å². The summed E-state index contributed by atoms with van der Waals surface area (Å²) in [5, 5.41) is 1.36. The summed E-state index contributed by atoms with van der Waals surface area (Å²) in [5.41, 5.74) is 19.6. The Hall–Kier alpha value is -5.67. The number of allylic oxidation sites excluding steroid dienone is 11. The van der Waals surface area contributed by atoms with E-state index in [2.05, 4.69) is 148 Å². The van der Waals surface area contributed by atoms with Gasteiger partial charge in [-0.15, -0.1) is 0 Å². The molecule has 0 N–H and O–H groups in total. The summed E-state index contributed by atoms with van der Waals surface area (Å²) in [6.07, 6.45) is 38.5. The minimum atomic E-state index is 0.351. The molecule has 0 fully saturated rings. The highest BCUT2D eigenvalue weighted by molar-refractivity contribution is 5.94. The van der Waals surface area contributed by atoms with E-state index in [1.165, 1.54) is 92.6 Å². The molecule has 0 radical (unpaired) electrons. The monoisotopic (exact) mass is 727 g/mol. The summed E-state index contributed by atoms with van der Waals surface area (Å²) < 4.78 is 2.59. The molecular weight excluding hydrogens is 679 g/mol. The first-order valence-electron chi connectivity index (χ1n) is 21.2. The number of fused-ring (bicyclic) bond motifs is 5. The van der Waals surface area contributed by atoms with Gasteiger partial charge in [0.2, 0.25) is 0 Å². The lowest BCUT2D eigenvalue weighted by atomic mass is 9.78. The smallest absolute Gasteiger partial charge is 0.0594 e. The molecule has 3 aromatic carbocycles. The molecule has 11 rings (SSSR count). The number of pyridine rings is 1. The van der Waals surface area contributed by atoms with Crippen molar-refractivity contribution in [1.82, 2.24) is 9.55 Å². The number of aromatic nitrogens is 2. The van der Waals surface area contributed by atoms with Crippen LogP contribution in [0.25, 0.3) is 39.4 Å². The number of hydrogen-bond donors (Lipinski definition) is 0. The van der Waals surface area contributed by atoms with Crippen molar-refractivity contribution in [2.45, 2.75) is 82.6 Å². The largest absolute Gasteiger partial charge is 0.337 e. The molecule has 0 saturated carbocycles. The molecule has 3 unspecified atom stereocenters. The first-order valence-corrected chi connectivity index (χ1v) is 21.2. The van der Waals surface area contributed by atoms with E-state index in [1.807, 2.05) is 12.4 Å². The van der Waals surface area contributed by atoms with E-state index in [-0.39, 0.29) is 0 Å². The van der Waals surface area contributed by atoms with Crippen LogP contribution in [0.1, 0.15) is 92.5 Å². The Morgan fingerprint density at radius 2 is 1.57 bits per heavy atom. The van der Waals surface area contributed by atoms with Crippen molar-refractivity contribution >= 4 is 28.2 Å². The maximum atomic E-state index is 4.34. The zero-order valence-electron chi connectivity index (χ0n) is 32.2. The van der Waals surface area contributed by atoms with Crippen molar-refractivity contribution in [2.75, 3.05) is 4.90 Å². The fraction of sp³-hybridized carbons (Fsp3) is 0.264. The molecule has 276 valence electrons. The van der Waals surface area contributed by atoms with Gasteiger partial charge in [-0.1, -0.05) is 85.0 Å². The fourth-order valence-corrected chi connectivity index (χ4v) is 10.7. The quantitative estimate of drug-likeness (QED) is 0.162. The molecule has 5 aliphatic carbocycles. The van der Waals surface area contributed by atoms with Gasteiger partial charge in [-0.2, -0.15) is 0 Å². The third-order valence-electron chi connectivity index (χ3n) is 13.4. The van der Waals surface area contributed by atoms with Crippen molar-refractivity contribution < 1.29 is 0 Å². The normalized spacial score (nSPS) is 22.8. The average molecular weight is 728 g/mol. The van der Waals surface area contributed by atoms with Crippen LogP contribution in [-0.4, -0.2) is 15.6 Å². The van der Waals surface area contributed by atoms with Crippen molar-refractivity contribution in [3.05, 3.63) is 185 Å². The van der Waals surface area contributed by atoms with Gasteiger partial charge in [-0.25, -0.2) is 0 Å². The molecule has 0 amide bonds. The van der Waals surface area contributed by atoms with Gasteiger partial charge in [0.1, 0.15) is 0 Å². The molecule has 3 heterocycles. The molecule has 5 aromatic rings. The van der Waals surface area contributed by atoms with Gasteiger partial charge in [0.25, 0.3) is 0 Å². The predicted octanol–water partition coefficient (Wildman–Crippen LogP) is 13.4. The van der Waals surface area contributed by atoms with Gasteiger partial charge in [-0.05, 0) is 164 Å². The summed E-state index contributed by atoms with van der Waals surface area (Å²) in [6, 6.07) is 30.5. The highest BCUT2D eigenvalue weighted by atomic mass is 15.2.